The molecule has 5 heteroatoms. The summed E-state index contributed by atoms with van der Waals surface area (Å²) >= 11 is 0. The van der Waals surface area contributed by atoms with Crippen LogP contribution in [-0.4, -0.2) is 41.1 Å². The van der Waals surface area contributed by atoms with Crippen molar-refractivity contribution in [3.05, 3.63) is 30.7 Å². The Balaban J connectivity index is 1.88. The van der Waals surface area contributed by atoms with Crippen LogP contribution in [0.15, 0.2) is 30.7 Å². The maximum absolute atomic E-state index is 4.61. The maximum atomic E-state index is 4.61. The molecule has 1 saturated heterocycles. The van der Waals surface area contributed by atoms with Crippen molar-refractivity contribution in [1.82, 2.24) is 20.3 Å². The van der Waals surface area contributed by atoms with Gasteiger partial charge in [-0.1, -0.05) is 0 Å². The van der Waals surface area contributed by atoms with Crippen molar-refractivity contribution in [3.8, 4) is 11.3 Å². The number of anilines is 1. The minimum atomic E-state index is 0.824. The van der Waals surface area contributed by atoms with E-state index in [1.807, 2.05) is 30.7 Å². The zero-order valence-electron chi connectivity index (χ0n) is 9.56. The average molecular weight is 229 g/mol. The molecule has 0 spiro atoms. The number of hydrogen-bond acceptors (Lipinski definition) is 4. The summed E-state index contributed by atoms with van der Waals surface area (Å²) in [6.07, 6.45) is 5.68. The van der Waals surface area contributed by atoms with Crippen LogP contribution in [0.3, 0.4) is 0 Å². The molecule has 2 aromatic heterocycles. The number of aromatic nitrogens is 3. The molecule has 17 heavy (non-hydrogen) atoms. The lowest BCUT2D eigenvalue weighted by atomic mass is 10.2. The van der Waals surface area contributed by atoms with Gasteiger partial charge in [0.05, 0.1) is 5.69 Å². The molecule has 0 radical (unpaired) electrons. The van der Waals surface area contributed by atoms with E-state index in [2.05, 4.69) is 25.2 Å². The van der Waals surface area contributed by atoms with Gasteiger partial charge in [-0.05, 0) is 12.1 Å². The second kappa shape index (κ2) is 4.55. The largest absolute Gasteiger partial charge is 0.367 e. The molecule has 88 valence electrons. The molecule has 0 aliphatic carbocycles. The molecule has 5 nitrogen and oxygen atoms in total. The molecule has 0 saturated carbocycles. The summed E-state index contributed by atoms with van der Waals surface area (Å²) in [7, 11) is 0. The van der Waals surface area contributed by atoms with Gasteiger partial charge in [0.2, 0.25) is 5.95 Å². The first kappa shape index (κ1) is 10.3. The fourth-order valence-electron chi connectivity index (χ4n) is 2.01. The second-order valence-corrected chi connectivity index (χ2v) is 4.08. The summed E-state index contributed by atoms with van der Waals surface area (Å²) in [6.45, 7) is 3.93. The molecule has 3 rings (SSSR count). The molecule has 0 atom stereocenters. The Labute approximate surface area is 99.9 Å². The number of hydrogen-bond donors (Lipinski definition) is 2. The molecule has 2 N–H and O–H groups in total. The summed E-state index contributed by atoms with van der Waals surface area (Å²) in [6, 6.07) is 3.96. The third-order valence-electron chi connectivity index (χ3n) is 2.94. The Morgan fingerprint density at radius 1 is 1.18 bits per heavy atom. The highest BCUT2D eigenvalue weighted by Gasteiger charge is 2.13. The van der Waals surface area contributed by atoms with E-state index in [0.29, 0.717) is 0 Å². The van der Waals surface area contributed by atoms with Gasteiger partial charge in [-0.3, -0.25) is 0 Å². The Morgan fingerprint density at radius 3 is 2.82 bits per heavy atom. The SMILES string of the molecule is c1cc(-c2cc[nH]c2)nc(N2CCNCC2)n1. The van der Waals surface area contributed by atoms with Crippen molar-refractivity contribution in [1.29, 1.82) is 0 Å². The summed E-state index contributed by atoms with van der Waals surface area (Å²) in [5.74, 6) is 0.824. The van der Waals surface area contributed by atoms with E-state index in [0.717, 1.165) is 43.4 Å². The van der Waals surface area contributed by atoms with Crippen LogP contribution >= 0.6 is 0 Å². The zero-order chi connectivity index (χ0) is 11.5. The number of aromatic amines is 1. The van der Waals surface area contributed by atoms with Crippen LogP contribution in [0.2, 0.25) is 0 Å². The van der Waals surface area contributed by atoms with Crippen LogP contribution in [0.4, 0.5) is 5.95 Å². The molecule has 0 aromatic carbocycles. The monoisotopic (exact) mass is 229 g/mol. The third-order valence-corrected chi connectivity index (χ3v) is 2.94. The van der Waals surface area contributed by atoms with Crippen molar-refractivity contribution in [2.45, 2.75) is 0 Å². The Hall–Kier alpha value is -1.88. The lowest BCUT2D eigenvalue weighted by Crippen LogP contribution is -2.44. The number of nitrogens with zero attached hydrogens (tertiary/aromatic N) is 3. The molecule has 0 unspecified atom stereocenters. The summed E-state index contributed by atoms with van der Waals surface area (Å²) in [5, 5.41) is 3.32. The first-order valence-electron chi connectivity index (χ1n) is 5.85. The normalized spacial score (nSPS) is 16.1. The van der Waals surface area contributed by atoms with E-state index in [1.54, 1.807) is 0 Å². The van der Waals surface area contributed by atoms with Gasteiger partial charge in [-0.2, -0.15) is 0 Å². The van der Waals surface area contributed by atoms with Crippen molar-refractivity contribution < 1.29 is 0 Å². The highest BCUT2D eigenvalue weighted by molar-refractivity contribution is 5.59. The van der Waals surface area contributed by atoms with E-state index in [9.17, 15) is 0 Å². The van der Waals surface area contributed by atoms with E-state index in [-0.39, 0.29) is 0 Å². The fraction of sp³-hybridized carbons (Fsp3) is 0.333. The summed E-state index contributed by atoms with van der Waals surface area (Å²) < 4.78 is 0. The highest BCUT2D eigenvalue weighted by atomic mass is 15.3. The minimum Gasteiger partial charge on any atom is -0.367 e. The van der Waals surface area contributed by atoms with E-state index in [1.165, 1.54) is 0 Å². The van der Waals surface area contributed by atoms with E-state index >= 15 is 0 Å². The van der Waals surface area contributed by atoms with Crippen LogP contribution in [0.25, 0.3) is 11.3 Å². The van der Waals surface area contributed by atoms with Crippen molar-refractivity contribution in [2.24, 2.45) is 0 Å². The van der Waals surface area contributed by atoms with Gasteiger partial charge < -0.3 is 15.2 Å². The maximum Gasteiger partial charge on any atom is 0.225 e. The molecule has 0 bridgehead atoms. The van der Waals surface area contributed by atoms with Crippen LogP contribution < -0.4 is 10.2 Å². The predicted molar refractivity (Wildman–Crippen MR) is 66.9 cm³/mol. The van der Waals surface area contributed by atoms with Gasteiger partial charge in [0.15, 0.2) is 0 Å². The second-order valence-electron chi connectivity index (χ2n) is 4.08. The molecule has 1 aliphatic heterocycles. The van der Waals surface area contributed by atoms with Gasteiger partial charge in [-0.15, -0.1) is 0 Å². The molecule has 1 aliphatic rings. The molecule has 1 fully saturated rings. The van der Waals surface area contributed by atoms with Gasteiger partial charge in [0.25, 0.3) is 0 Å². The lowest BCUT2D eigenvalue weighted by Gasteiger charge is -2.27. The Kier molecular flexibility index (Phi) is 2.75. The quantitative estimate of drug-likeness (QED) is 0.802. The first-order chi connectivity index (χ1) is 8.43. The van der Waals surface area contributed by atoms with E-state index < -0.39 is 0 Å². The minimum absolute atomic E-state index is 0.824. The van der Waals surface area contributed by atoms with E-state index in [4.69, 9.17) is 0 Å². The fourth-order valence-corrected chi connectivity index (χ4v) is 2.01. The number of nitrogens with one attached hydrogen (secondary N) is 2. The predicted octanol–water partition coefficient (Wildman–Crippen LogP) is 0.881. The smallest absolute Gasteiger partial charge is 0.225 e. The van der Waals surface area contributed by atoms with Crippen molar-refractivity contribution >= 4 is 5.95 Å². The summed E-state index contributed by atoms with van der Waals surface area (Å²) in [4.78, 5) is 14.2. The Morgan fingerprint density at radius 2 is 2.06 bits per heavy atom. The zero-order valence-corrected chi connectivity index (χ0v) is 9.56. The first-order valence-corrected chi connectivity index (χ1v) is 5.85. The molecule has 0 amide bonds. The molecular formula is C12H15N5. The number of piperazine rings is 1. The van der Waals surface area contributed by atoms with Crippen molar-refractivity contribution in [2.75, 3.05) is 31.1 Å². The van der Waals surface area contributed by atoms with Gasteiger partial charge in [-0.25, -0.2) is 9.97 Å². The molecule has 3 heterocycles. The topological polar surface area (TPSA) is 56.8 Å². The van der Waals surface area contributed by atoms with Crippen LogP contribution in [0.1, 0.15) is 0 Å². The number of rotatable bonds is 2. The third kappa shape index (κ3) is 2.14. The Bertz CT molecular complexity index is 473. The number of H-pyrrole nitrogens is 1. The van der Waals surface area contributed by atoms with Gasteiger partial charge in [0, 0.05) is 50.3 Å². The molecular weight excluding hydrogens is 214 g/mol. The standard InChI is InChI=1S/C12H15N5/c1-3-14-9-10(1)11-2-4-15-12(16-11)17-7-5-13-6-8-17/h1-4,9,13-14H,5-8H2. The van der Waals surface area contributed by atoms with Gasteiger partial charge >= 0.3 is 0 Å². The molecule has 2 aromatic rings. The van der Waals surface area contributed by atoms with Gasteiger partial charge in [0.1, 0.15) is 0 Å². The van der Waals surface area contributed by atoms with Crippen LogP contribution in [0, 0.1) is 0 Å². The highest BCUT2D eigenvalue weighted by Crippen LogP contribution is 2.18. The van der Waals surface area contributed by atoms with Crippen LogP contribution in [-0.2, 0) is 0 Å². The van der Waals surface area contributed by atoms with Crippen LogP contribution in [0.5, 0.6) is 0 Å². The average Bonchev–Trinajstić information content (AvgIpc) is 2.94. The lowest BCUT2D eigenvalue weighted by molar-refractivity contribution is 0.580. The van der Waals surface area contributed by atoms with Crippen molar-refractivity contribution in [3.63, 3.8) is 0 Å². The summed E-state index contributed by atoms with van der Waals surface area (Å²) in [5.41, 5.74) is 2.07.